The zero-order chi connectivity index (χ0) is 17.4. The van der Waals surface area contributed by atoms with Crippen LogP contribution in [0.25, 0.3) is 5.20 Å². The zero-order valence-electron chi connectivity index (χ0n) is 15.6. The molecule has 0 radical (unpaired) electrons. The Kier molecular flexibility index (Phi) is 4.54. The van der Waals surface area contributed by atoms with E-state index in [2.05, 4.69) is 99.9 Å². The first kappa shape index (κ1) is 17.2. The summed E-state index contributed by atoms with van der Waals surface area (Å²) in [5, 5.41) is 3.22. The van der Waals surface area contributed by atoms with E-state index in [0.29, 0.717) is 0 Å². The van der Waals surface area contributed by atoms with Crippen molar-refractivity contribution in [2.24, 2.45) is 0 Å². The first-order valence-electron chi connectivity index (χ1n) is 8.96. The van der Waals surface area contributed by atoms with Gasteiger partial charge in [-0.3, -0.25) is 0 Å². The Morgan fingerprint density at radius 2 is 1.38 bits per heavy atom. The highest BCUT2D eigenvalue weighted by Crippen LogP contribution is 2.44. The van der Waals surface area contributed by atoms with Crippen LogP contribution in [-0.2, 0) is 0 Å². The molecule has 1 heterocycles. The zero-order valence-corrected chi connectivity index (χ0v) is 17.6. The van der Waals surface area contributed by atoms with E-state index in [1.54, 1.807) is 20.8 Å². The summed E-state index contributed by atoms with van der Waals surface area (Å²) in [5.74, 6) is 0. The Labute approximate surface area is 149 Å². The van der Waals surface area contributed by atoms with Gasteiger partial charge in [0.25, 0.3) is 0 Å². The van der Waals surface area contributed by atoms with Crippen molar-refractivity contribution in [3.05, 3.63) is 82.7 Å². The lowest BCUT2D eigenvalue weighted by atomic mass is 10.1. The van der Waals surface area contributed by atoms with Crippen LogP contribution < -0.4 is 5.19 Å². The monoisotopic (exact) mass is 348 g/mol. The highest BCUT2D eigenvalue weighted by molar-refractivity contribution is 7.18. The molecule has 0 aromatic heterocycles. The number of allylic oxidation sites excluding steroid dienone is 2. The standard InChI is InChI=1S/C22H28Si2/c1-6-18-17-21(23(2,3)20-15-11-8-12-16-20)24(4,5)22(18)19-13-9-7-10-14-19/h7-17H,6H2,1-5H3. The third-order valence-electron chi connectivity index (χ3n) is 5.55. The van der Waals surface area contributed by atoms with Crippen LogP contribution >= 0.6 is 0 Å². The molecule has 0 saturated heterocycles. The minimum absolute atomic E-state index is 1.13. The minimum atomic E-state index is -1.64. The van der Waals surface area contributed by atoms with Gasteiger partial charge in [-0.1, -0.05) is 110 Å². The summed E-state index contributed by atoms with van der Waals surface area (Å²) in [6.45, 7) is 12.5. The molecule has 2 aromatic carbocycles. The van der Waals surface area contributed by atoms with E-state index < -0.39 is 16.1 Å². The van der Waals surface area contributed by atoms with E-state index in [1.807, 2.05) is 0 Å². The number of hydrogen-bond donors (Lipinski definition) is 0. The molecule has 0 fully saturated rings. The van der Waals surface area contributed by atoms with Crippen LogP contribution in [-0.4, -0.2) is 16.1 Å². The number of rotatable bonds is 4. The summed E-state index contributed by atoms with van der Waals surface area (Å²) in [6.07, 6.45) is 3.72. The average molecular weight is 349 g/mol. The van der Waals surface area contributed by atoms with Gasteiger partial charge < -0.3 is 0 Å². The average Bonchev–Trinajstić information content (AvgIpc) is 2.87. The molecule has 0 nitrogen and oxygen atoms in total. The van der Waals surface area contributed by atoms with Crippen LogP contribution in [0.4, 0.5) is 0 Å². The Bertz CT molecular complexity index is 781. The second-order valence-electron chi connectivity index (χ2n) is 7.79. The van der Waals surface area contributed by atoms with Gasteiger partial charge in [0, 0.05) is 0 Å². The largest absolute Gasteiger partial charge is 0.105 e. The fourth-order valence-electron chi connectivity index (χ4n) is 4.36. The van der Waals surface area contributed by atoms with Gasteiger partial charge in [-0.2, -0.15) is 0 Å². The van der Waals surface area contributed by atoms with Crippen LogP contribution in [0.15, 0.2) is 77.1 Å². The molecule has 124 valence electrons. The molecule has 0 N–H and O–H groups in total. The van der Waals surface area contributed by atoms with Crippen molar-refractivity contribution in [2.45, 2.75) is 39.5 Å². The predicted molar refractivity (Wildman–Crippen MR) is 113 cm³/mol. The summed E-state index contributed by atoms with van der Waals surface area (Å²) < 4.78 is 0. The first-order chi connectivity index (χ1) is 11.4. The molecule has 3 rings (SSSR count). The lowest BCUT2D eigenvalue weighted by Crippen LogP contribution is -2.51. The second-order valence-corrected chi connectivity index (χ2v) is 16.9. The topological polar surface area (TPSA) is 0 Å². The molecular weight excluding hydrogens is 320 g/mol. The molecule has 24 heavy (non-hydrogen) atoms. The van der Waals surface area contributed by atoms with Gasteiger partial charge in [0.1, 0.15) is 16.1 Å². The van der Waals surface area contributed by atoms with Crippen LogP contribution in [0.2, 0.25) is 26.2 Å². The Morgan fingerprint density at radius 1 is 0.833 bits per heavy atom. The van der Waals surface area contributed by atoms with Gasteiger partial charge in [-0.05, 0) is 22.8 Å². The summed E-state index contributed by atoms with van der Waals surface area (Å²) in [6, 6.07) is 22.3. The molecule has 0 saturated carbocycles. The van der Waals surface area contributed by atoms with Gasteiger partial charge >= 0.3 is 0 Å². The highest BCUT2D eigenvalue weighted by Gasteiger charge is 2.45. The third-order valence-corrected chi connectivity index (χ3v) is 15.9. The quantitative estimate of drug-likeness (QED) is 0.619. The molecule has 2 heteroatoms. The smallest absolute Gasteiger partial charge is 0.0813 e. The Morgan fingerprint density at radius 3 is 1.92 bits per heavy atom. The number of benzene rings is 2. The van der Waals surface area contributed by atoms with Crippen molar-refractivity contribution in [3.63, 3.8) is 0 Å². The summed E-state index contributed by atoms with van der Waals surface area (Å²) in [5.41, 5.74) is 3.01. The first-order valence-corrected chi connectivity index (χ1v) is 15.0. The fraction of sp³-hybridized carbons (Fsp3) is 0.273. The Hall–Kier alpha value is -1.65. The van der Waals surface area contributed by atoms with Gasteiger partial charge in [0.2, 0.25) is 0 Å². The lowest BCUT2D eigenvalue weighted by Gasteiger charge is -2.35. The molecule has 0 atom stereocenters. The SMILES string of the molecule is CCC1=C(c2ccccc2)[Si](C)(C)C([Si](C)(C)c2ccccc2)=C1. The van der Waals surface area contributed by atoms with E-state index in [-0.39, 0.29) is 0 Å². The Balaban J connectivity index is 2.11. The summed E-state index contributed by atoms with van der Waals surface area (Å²) in [4.78, 5) is 1.79. The molecular formula is C22H28Si2. The van der Waals surface area contributed by atoms with Crippen LogP contribution in [0.1, 0.15) is 18.9 Å². The van der Waals surface area contributed by atoms with E-state index in [9.17, 15) is 0 Å². The van der Waals surface area contributed by atoms with Crippen molar-refractivity contribution in [3.8, 4) is 0 Å². The van der Waals surface area contributed by atoms with Crippen molar-refractivity contribution in [2.75, 3.05) is 0 Å². The predicted octanol–water partition coefficient (Wildman–Crippen LogP) is 5.73. The van der Waals surface area contributed by atoms with Crippen molar-refractivity contribution in [1.29, 1.82) is 0 Å². The van der Waals surface area contributed by atoms with Gasteiger partial charge in [0.05, 0.1) is 0 Å². The maximum Gasteiger partial charge on any atom is 0.105 e. The third kappa shape index (κ3) is 2.78. The van der Waals surface area contributed by atoms with Gasteiger partial charge in [-0.15, -0.1) is 0 Å². The van der Waals surface area contributed by atoms with Crippen molar-refractivity contribution >= 4 is 26.5 Å². The van der Waals surface area contributed by atoms with E-state index >= 15 is 0 Å². The molecule has 0 bridgehead atoms. The van der Waals surface area contributed by atoms with E-state index in [0.717, 1.165) is 6.42 Å². The highest BCUT2D eigenvalue weighted by atomic mass is 28.4. The van der Waals surface area contributed by atoms with Crippen molar-refractivity contribution in [1.82, 2.24) is 0 Å². The summed E-state index contributed by atoms with van der Waals surface area (Å²) >= 11 is 0. The minimum Gasteiger partial charge on any atom is -0.0813 e. The van der Waals surface area contributed by atoms with E-state index in [4.69, 9.17) is 0 Å². The number of hydrogen-bond acceptors (Lipinski definition) is 0. The molecule has 1 aliphatic rings. The molecule has 0 aliphatic carbocycles. The maximum atomic E-state index is 2.59. The summed E-state index contributed by atoms with van der Waals surface area (Å²) in [7, 11) is -3.27. The van der Waals surface area contributed by atoms with Crippen molar-refractivity contribution < 1.29 is 0 Å². The maximum absolute atomic E-state index is 2.59. The molecule has 0 unspecified atom stereocenters. The van der Waals surface area contributed by atoms with Gasteiger partial charge in [0.15, 0.2) is 0 Å². The molecule has 0 spiro atoms. The fourth-order valence-corrected chi connectivity index (χ4v) is 16.0. The van der Waals surface area contributed by atoms with E-state index in [1.165, 1.54) is 5.56 Å². The molecule has 2 aromatic rings. The molecule has 1 aliphatic heterocycles. The van der Waals surface area contributed by atoms with Gasteiger partial charge in [-0.25, -0.2) is 0 Å². The van der Waals surface area contributed by atoms with Crippen LogP contribution in [0.5, 0.6) is 0 Å². The second kappa shape index (κ2) is 6.34. The van der Waals surface area contributed by atoms with Crippen LogP contribution in [0.3, 0.4) is 0 Å². The normalized spacial score (nSPS) is 17.1. The molecule has 0 amide bonds. The lowest BCUT2D eigenvalue weighted by molar-refractivity contribution is 1.16. The van der Waals surface area contributed by atoms with Crippen LogP contribution in [0, 0.1) is 0 Å².